The van der Waals surface area contributed by atoms with Gasteiger partial charge in [0.15, 0.2) is 0 Å². The van der Waals surface area contributed by atoms with Crippen LogP contribution >= 0.6 is 0 Å². The number of anilines is 2. The zero-order valence-electron chi connectivity index (χ0n) is 15.4. The normalized spacial score (nSPS) is 13.3. The number of nitrogens with zero attached hydrogens (tertiary/aromatic N) is 2. The molecule has 0 fully saturated rings. The zero-order valence-corrected chi connectivity index (χ0v) is 15.4. The van der Waals surface area contributed by atoms with Crippen LogP contribution in [0.1, 0.15) is 5.56 Å². The van der Waals surface area contributed by atoms with Gasteiger partial charge in [0.25, 0.3) is 0 Å². The van der Waals surface area contributed by atoms with E-state index in [-0.39, 0.29) is 6.03 Å². The lowest BCUT2D eigenvalue weighted by atomic mass is 10.0. The number of para-hydroxylation sites is 1. The topological polar surface area (TPSA) is 35.6 Å². The summed E-state index contributed by atoms with van der Waals surface area (Å²) in [5, 5.41) is 3.45. The van der Waals surface area contributed by atoms with Crippen molar-refractivity contribution in [1.29, 1.82) is 0 Å². The van der Waals surface area contributed by atoms with Crippen molar-refractivity contribution in [1.82, 2.24) is 4.90 Å². The first-order valence-corrected chi connectivity index (χ1v) is 9.22. The number of benzene rings is 3. The molecule has 1 aliphatic heterocycles. The SMILES string of the molecule is CN(C(=O)N1CCNc2ccc(-c3ccccc3)cc2C1)c1ccccc1. The minimum absolute atomic E-state index is 0.0148. The van der Waals surface area contributed by atoms with Crippen LogP contribution in [-0.4, -0.2) is 31.1 Å². The van der Waals surface area contributed by atoms with Crippen LogP contribution in [0.25, 0.3) is 11.1 Å². The quantitative estimate of drug-likeness (QED) is 0.712. The first-order chi connectivity index (χ1) is 13.2. The lowest BCUT2D eigenvalue weighted by molar-refractivity contribution is 0.206. The molecule has 3 aromatic rings. The third-order valence-corrected chi connectivity index (χ3v) is 4.97. The van der Waals surface area contributed by atoms with Gasteiger partial charge in [-0.05, 0) is 41.0 Å². The highest BCUT2D eigenvalue weighted by Crippen LogP contribution is 2.28. The van der Waals surface area contributed by atoms with Crippen LogP contribution in [-0.2, 0) is 6.54 Å². The molecule has 27 heavy (non-hydrogen) atoms. The van der Waals surface area contributed by atoms with Gasteiger partial charge in [-0.2, -0.15) is 0 Å². The molecule has 0 saturated carbocycles. The van der Waals surface area contributed by atoms with Crippen molar-refractivity contribution in [3.8, 4) is 11.1 Å². The van der Waals surface area contributed by atoms with E-state index in [1.807, 2.05) is 60.5 Å². The van der Waals surface area contributed by atoms with Gasteiger partial charge in [-0.15, -0.1) is 0 Å². The summed E-state index contributed by atoms with van der Waals surface area (Å²) in [6.07, 6.45) is 0. The maximum atomic E-state index is 13.0. The molecule has 0 saturated heterocycles. The van der Waals surface area contributed by atoms with Crippen molar-refractivity contribution >= 4 is 17.4 Å². The highest BCUT2D eigenvalue weighted by atomic mass is 16.2. The van der Waals surface area contributed by atoms with Gasteiger partial charge in [0.05, 0.1) is 0 Å². The number of carbonyl (C=O) groups excluding carboxylic acids is 1. The van der Waals surface area contributed by atoms with Crippen molar-refractivity contribution < 1.29 is 4.79 Å². The predicted molar refractivity (Wildman–Crippen MR) is 111 cm³/mol. The van der Waals surface area contributed by atoms with Crippen molar-refractivity contribution in [3.05, 3.63) is 84.4 Å². The van der Waals surface area contributed by atoms with Gasteiger partial charge in [0, 0.05) is 38.1 Å². The Bertz CT molecular complexity index is 925. The third-order valence-electron chi connectivity index (χ3n) is 4.97. The van der Waals surface area contributed by atoms with E-state index in [0.717, 1.165) is 23.5 Å². The monoisotopic (exact) mass is 357 g/mol. The van der Waals surface area contributed by atoms with E-state index in [9.17, 15) is 4.79 Å². The average Bonchev–Trinajstić information content (AvgIpc) is 2.96. The van der Waals surface area contributed by atoms with E-state index in [2.05, 4.69) is 35.6 Å². The fourth-order valence-electron chi connectivity index (χ4n) is 3.45. The van der Waals surface area contributed by atoms with Crippen LogP contribution in [0.5, 0.6) is 0 Å². The van der Waals surface area contributed by atoms with Gasteiger partial charge < -0.3 is 10.2 Å². The molecule has 0 radical (unpaired) electrons. The number of nitrogens with one attached hydrogen (secondary N) is 1. The van der Waals surface area contributed by atoms with Crippen molar-refractivity contribution in [2.24, 2.45) is 0 Å². The molecule has 1 N–H and O–H groups in total. The van der Waals surface area contributed by atoms with Gasteiger partial charge in [-0.25, -0.2) is 4.79 Å². The molecule has 0 unspecified atom stereocenters. The van der Waals surface area contributed by atoms with Crippen molar-refractivity contribution in [2.75, 3.05) is 30.4 Å². The summed E-state index contributed by atoms with van der Waals surface area (Å²) < 4.78 is 0. The number of amides is 2. The second-order valence-electron chi connectivity index (χ2n) is 6.76. The number of rotatable bonds is 2. The Morgan fingerprint density at radius 2 is 1.63 bits per heavy atom. The number of fused-ring (bicyclic) bond motifs is 1. The summed E-state index contributed by atoms with van der Waals surface area (Å²) in [4.78, 5) is 16.7. The summed E-state index contributed by atoms with van der Waals surface area (Å²) in [6, 6.07) is 26.5. The molecule has 4 heteroatoms. The van der Waals surface area contributed by atoms with Crippen LogP contribution in [0.15, 0.2) is 78.9 Å². The van der Waals surface area contributed by atoms with Crippen LogP contribution < -0.4 is 10.2 Å². The second kappa shape index (κ2) is 7.54. The first kappa shape index (κ1) is 17.2. The molecule has 4 rings (SSSR count). The van der Waals surface area contributed by atoms with Gasteiger partial charge in [0.2, 0.25) is 0 Å². The summed E-state index contributed by atoms with van der Waals surface area (Å²) in [6.45, 7) is 2.01. The Hall–Kier alpha value is -3.27. The maximum absolute atomic E-state index is 13.0. The number of carbonyl (C=O) groups is 1. The van der Waals surface area contributed by atoms with E-state index in [1.165, 1.54) is 11.1 Å². The molecule has 0 atom stereocenters. The number of hydrogen-bond donors (Lipinski definition) is 1. The van der Waals surface area contributed by atoms with Crippen LogP contribution in [0.3, 0.4) is 0 Å². The molecule has 0 bridgehead atoms. The first-order valence-electron chi connectivity index (χ1n) is 9.22. The Morgan fingerprint density at radius 1 is 0.926 bits per heavy atom. The molecule has 2 amide bonds. The van der Waals surface area contributed by atoms with Gasteiger partial charge in [0.1, 0.15) is 0 Å². The molecular formula is C23H23N3O. The minimum atomic E-state index is 0.0148. The Kier molecular flexibility index (Phi) is 4.79. The van der Waals surface area contributed by atoms with Crippen LogP contribution in [0.2, 0.25) is 0 Å². The molecule has 0 aliphatic carbocycles. The van der Waals surface area contributed by atoms with E-state index >= 15 is 0 Å². The molecule has 1 heterocycles. The maximum Gasteiger partial charge on any atom is 0.324 e. The molecule has 3 aromatic carbocycles. The number of urea groups is 1. The molecule has 1 aliphatic rings. The third kappa shape index (κ3) is 3.65. The lowest BCUT2D eigenvalue weighted by Gasteiger charge is -2.27. The lowest BCUT2D eigenvalue weighted by Crippen LogP contribution is -2.42. The van der Waals surface area contributed by atoms with Gasteiger partial charge >= 0.3 is 6.03 Å². The van der Waals surface area contributed by atoms with Crippen molar-refractivity contribution in [2.45, 2.75) is 6.54 Å². The molecule has 0 spiro atoms. The van der Waals surface area contributed by atoms with E-state index in [0.29, 0.717) is 13.1 Å². The van der Waals surface area contributed by atoms with Crippen molar-refractivity contribution in [3.63, 3.8) is 0 Å². The minimum Gasteiger partial charge on any atom is -0.383 e. The fraction of sp³-hybridized carbons (Fsp3) is 0.174. The van der Waals surface area contributed by atoms with Crippen LogP contribution in [0, 0.1) is 0 Å². The second-order valence-corrected chi connectivity index (χ2v) is 6.76. The molecular weight excluding hydrogens is 334 g/mol. The smallest absolute Gasteiger partial charge is 0.324 e. The largest absolute Gasteiger partial charge is 0.383 e. The van der Waals surface area contributed by atoms with E-state index in [4.69, 9.17) is 0 Å². The van der Waals surface area contributed by atoms with E-state index < -0.39 is 0 Å². The highest BCUT2D eigenvalue weighted by Gasteiger charge is 2.22. The molecule has 136 valence electrons. The summed E-state index contributed by atoms with van der Waals surface area (Å²) >= 11 is 0. The van der Waals surface area contributed by atoms with E-state index in [1.54, 1.807) is 4.90 Å². The Balaban J connectivity index is 1.59. The summed E-state index contributed by atoms with van der Waals surface area (Å²) in [5.41, 5.74) is 5.50. The molecule has 4 nitrogen and oxygen atoms in total. The van der Waals surface area contributed by atoms with Gasteiger partial charge in [-0.3, -0.25) is 4.90 Å². The molecule has 0 aromatic heterocycles. The zero-order chi connectivity index (χ0) is 18.6. The Morgan fingerprint density at radius 3 is 2.37 bits per heavy atom. The fourth-order valence-corrected chi connectivity index (χ4v) is 3.45. The van der Waals surface area contributed by atoms with Crippen LogP contribution in [0.4, 0.5) is 16.2 Å². The highest BCUT2D eigenvalue weighted by molar-refractivity contribution is 5.91. The Labute approximate surface area is 160 Å². The summed E-state index contributed by atoms with van der Waals surface area (Å²) in [5.74, 6) is 0. The average molecular weight is 357 g/mol. The predicted octanol–water partition coefficient (Wildman–Crippen LogP) is 4.84. The summed E-state index contributed by atoms with van der Waals surface area (Å²) in [7, 11) is 1.83. The number of hydrogen-bond acceptors (Lipinski definition) is 2. The standard InChI is InChI=1S/C23H23N3O/c1-25(21-10-6-3-7-11-21)23(27)26-15-14-24-22-13-12-19(16-20(22)17-26)18-8-4-2-5-9-18/h2-13,16,24H,14-15,17H2,1H3. The van der Waals surface area contributed by atoms with Gasteiger partial charge in [-0.1, -0.05) is 54.6 Å².